The number of carbonyl (C=O) groups is 5. The summed E-state index contributed by atoms with van der Waals surface area (Å²) in [5, 5.41) is 47.0. The minimum absolute atomic E-state index is 0.190. The monoisotopic (exact) mass is 1570 g/mol. The number of carboxylic acid groups (broad SMARTS) is 5. The molecule has 5 atom stereocenters. The molecule has 0 bridgehead atoms. The van der Waals surface area contributed by atoms with Gasteiger partial charge in [-0.2, -0.15) is 0 Å². The van der Waals surface area contributed by atoms with Gasteiger partial charge in [-0.3, -0.25) is 0 Å². The van der Waals surface area contributed by atoms with Gasteiger partial charge in [0.2, 0.25) is 6.79 Å². The molecular formula is C94H116FNO18. The van der Waals surface area contributed by atoms with Gasteiger partial charge >= 0.3 is 29.8 Å². The molecule has 1 heterocycles. The van der Waals surface area contributed by atoms with Gasteiger partial charge < -0.3 is 68.3 Å². The van der Waals surface area contributed by atoms with E-state index in [1.807, 2.05) is 85.7 Å². The van der Waals surface area contributed by atoms with Crippen LogP contribution in [0, 0.1) is 5.82 Å². The molecule has 0 fully saturated rings. The highest BCUT2D eigenvalue weighted by Crippen LogP contribution is 2.37. The first-order chi connectivity index (χ1) is 55.3. The third-order valence-electron chi connectivity index (χ3n) is 21.4. The number of hydrogen-bond donors (Lipinski definition) is 5. The Balaban J connectivity index is 0.000000163. The molecule has 0 saturated heterocycles. The number of aryl methyl sites for hydroxylation is 2. The molecule has 0 radical (unpaired) electrons. The van der Waals surface area contributed by atoms with Gasteiger partial charge in [-0.1, -0.05) is 113 Å². The minimum Gasteiger partial charge on any atom is -0.479 e. The van der Waals surface area contributed by atoms with Crippen LogP contribution in [0.5, 0.6) is 40.2 Å². The summed E-state index contributed by atoms with van der Waals surface area (Å²) in [7, 11) is 5.51. The molecule has 114 heavy (non-hydrogen) atoms. The van der Waals surface area contributed by atoms with E-state index in [-0.39, 0.29) is 12.6 Å². The summed E-state index contributed by atoms with van der Waals surface area (Å²) in [6.07, 6.45) is 40.4. The lowest BCUT2D eigenvalue weighted by atomic mass is 9.95. The largest absolute Gasteiger partial charge is 0.479 e. The number of ether oxygens (including phenoxy) is 8. The lowest BCUT2D eigenvalue weighted by Crippen LogP contribution is -2.27. The highest BCUT2D eigenvalue weighted by atomic mass is 19.1. The summed E-state index contributed by atoms with van der Waals surface area (Å²) < 4.78 is 57.2. The molecule has 612 valence electrons. The number of methoxy groups -OCH3 is 1. The first-order valence-corrected chi connectivity index (χ1v) is 40.9. The fraction of sp³-hybridized carbons (Fsp3) is 0.457. The van der Waals surface area contributed by atoms with Crippen LogP contribution >= 0.6 is 0 Å². The van der Waals surface area contributed by atoms with Crippen LogP contribution in [-0.4, -0.2) is 114 Å². The second kappa shape index (κ2) is 47.4. The van der Waals surface area contributed by atoms with E-state index in [2.05, 4.69) is 36.4 Å². The van der Waals surface area contributed by atoms with Crippen molar-refractivity contribution in [3.63, 3.8) is 0 Å². The van der Waals surface area contributed by atoms with Gasteiger partial charge in [-0.05, 0) is 301 Å². The first kappa shape index (κ1) is 87.6. The molecule has 19 nitrogen and oxygen atoms in total. The number of allylic oxidation sites excluding steroid dienone is 10. The molecule has 5 unspecified atom stereocenters. The van der Waals surface area contributed by atoms with E-state index >= 15 is 0 Å². The highest BCUT2D eigenvalue weighted by Gasteiger charge is 2.27. The zero-order valence-electron chi connectivity index (χ0n) is 66.6. The van der Waals surface area contributed by atoms with Crippen molar-refractivity contribution in [3.8, 4) is 51.4 Å². The topological polar surface area (TPSA) is 264 Å². The summed E-state index contributed by atoms with van der Waals surface area (Å²) in [6, 6.07) is 39.6. The van der Waals surface area contributed by atoms with Crippen LogP contribution in [0.15, 0.2) is 192 Å². The van der Waals surface area contributed by atoms with Crippen LogP contribution in [0.1, 0.15) is 216 Å². The lowest BCUT2D eigenvalue weighted by Gasteiger charge is -2.19. The van der Waals surface area contributed by atoms with Crippen molar-refractivity contribution in [2.24, 2.45) is 0 Å². The number of nitrogens with zero attached hydrogens (tertiary/aromatic N) is 1. The molecule has 0 aromatic heterocycles. The smallest absolute Gasteiger partial charge is 0.344 e. The Hall–Kier alpha value is -10.3. The van der Waals surface area contributed by atoms with Gasteiger partial charge in [-0.25, -0.2) is 28.4 Å². The van der Waals surface area contributed by atoms with E-state index in [1.165, 1.54) is 122 Å². The predicted molar refractivity (Wildman–Crippen MR) is 440 cm³/mol. The second-order valence-electron chi connectivity index (χ2n) is 30.2. The Labute approximate surface area is 671 Å². The number of carboxylic acids is 5. The number of aliphatic carboxylic acids is 5. The van der Waals surface area contributed by atoms with Gasteiger partial charge in [0.25, 0.3) is 0 Å². The fourth-order valence-electron chi connectivity index (χ4n) is 14.9. The van der Waals surface area contributed by atoms with Gasteiger partial charge in [0.1, 0.15) is 34.6 Å². The molecule has 20 heteroatoms. The average Bonchev–Trinajstić information content (AvgIpc) is 1.52. The highest BCUT2D eigenvalue weighted by molar-refractivity contribution is 5.75. The molecule has 6 aliphatic carbocycles. The van der Waals surface area contributed by atoms with Gasteiger partial charge in [-0.15, -0.1) is 0 Å². The molecule has 7 aliphatic rings. The van der Waals surface area contributed by atoms with Gasteiger partial charge in [0, 0.05) is 44.6 Å². The Bertz CT molecular complexity index is 4110. The normalized spacial score (nSPS) is 16.6. The number of para-hydroxylation sites is 1. The van der Waals surface area contributed by atoms with Crippen molar-refractivity contribution in [3.05, 3.63) is 214 Å². The lowest BCUT2D eigenvalue weighted by molar-refractivity contribution is -0.146. The van der Waals surface area contributed by atoms with Crippen molar-refractivity contribution in [1.29, 1.82) is 0 Å². The van der Waals surface area contributed by atoms with Gasteiger partial charge in [0.15, 0.2) is 42.0 Å². The Morgan fingerprint density at radius 2 is 0.772 bits per heavy atom. The molecule has 0 amide bonds. The number of hydrogen-bond acceptors (Lipinski definition) is 14. The van der Waals surface area contributed by atoms with E-state index in [0.717, 1.165) is 132 Å². The zero-order chi connectivity index (χ0) is 80.8. The van der Waals surface area contributed by atoms with Crippen molar-refractivity contribution in [1.82, 2.24) is 0 Å². The molecule has 13 rings (SSSR count). The molecule has 5 N–H and O–H groups in total. The number of rotatable bonds is 34. The maximum Gasteiger partial charge on any atom is 0.344 e. The molecule has 6 aromatic rings. The summed E-state index contributed by atoms with van der Waals surface area (Å²) in [4.78, 5) is 59.3. The van der Waals surface area contributed by atoms with E-state index in [0.29, 0.717) is 79.0 Å². The van der Waals surface area contributed by atoms with Crippen molar-refractivity contribution < 1.29 is 91.8 Å². The molecule has 0 spiro atoms. The number of benzene rings is 6. The van der Waals surface area contributed by atoms with E-state index in [1.54, 1.807) is 55.6 Å². The van der Waals surface area contributed by atoms with Crippen LogP contribution in [0.25, 0.3) is 11.1 Å². The van der Waals surface area contributed by atoms with E-state index in [9.17, 15) is 53.9 Å². The van der Waals surface area contributed by atoms with Crippen LogP contribution in [-0.2, 0) is 48.2 Å². The molecule has 0 saturated carbocycles. The van der Waals surface area contributed by atoms with Crippen LogP contribution in [0.2, 0.25) is 0 Å². The SMILES string of the molecule is CN(C)c1cccc(OC(CCC2=CCCCC2)C(=O)O)c1.COCc1ccccc1OC(CCC1=CCCCC1)C(=O)O.O=C(O)C(CCC1=CCCCC1)Oc1ccc(-c2ccc(F)cc2)cc1.O=C(O)C(CCC1=CCCCC1)Oc1ccc2c(c1)CCC2.O=C(O)C(CCC1=CCCCC1)Oc1ccc2c(c1)OCO2. The summed E-state index contributed by atoms with van der Waals surface area (Å²) in [6.45, 7) is 0.600. The minimum atomic E-state index is -0.941. The maximum atomic E-state index is 13.0. The van der Waals surface area contributed by atoms with E-state index < -0.39 is 60.4 Å². The predicted octanol–water partition coefficient (Wildman–Crippen LogP) is 21.2. The van der Waals surface area contributed by atoms with Crippen LogP contribution < -0.4 is 38.1 Å². The van der Waals surface area contributed by atoms with Gasteiger partial charge in [0.05, 0.1) is 6.61 Å². The number of anilines is 1. The number of fused-ring (bicyclic) bond motifs is 2. The summed E-state index contributed by atoms with van der Waals surface area (Å²) in [5.74, 6) is -0.647. The second-order valence-corrected chi connectivity index (χ2v) is 30.2. The van der Waals surface area contributed by atoms with Crippen molar-refractivity contribution >= 4 is 35.5 Å². The summed E-state index contributed by atoms with van der Waals surface area (Å²) in [5.41, 5.74) is 13.2. The number of halogens is 1. The van der Waals surface area contributed by atoms with Crippen LogP contribution in [0.3, 0.4) is 0 Å². The molecular weight excluding hydrogens is 1450 g/mol. The van der Waals surface area contributed by atoms with Crippen molar-refractivity contribution in [2.75, 3.05) is 32.9 Å². The maximum absolute atomic E-state index is 13.0. The summed E-state index contributed by atoms with van der Waals surface area (Å²) >= 11 is 0. The first-order valence-electron chi connectivity index (χ1n) is 40.9. The Morgan fingerprint density at radius 1 is 0.386 bits per heavy atom. The molecule has 6 aromatic carbocycles. The quantitative estimate of drug-likeness (QED) is 0.0235. The fourth-order valence-corrected chi connectivity index (χ4v) is 14.9. The Morgan fingerprint density at radius 3 is 1.20 bits per heavy atom. The Kier molecular flexibility index (Phi) is 36.4. The van der Waals surface area contributed by atoms with Crippen molar-refractivity contribution in [2.45, 2.75) is 249 Å². The van der Waals surface area contributed by atoms with Crippen LogP contribution in [0.4, 0.5) is 10.1 Å². The molecule has 1 aliphatic heterocycles. The van der Waals surface area contributed by atoms with E-state index in [4.69, 9.17) is 37.9 Å². The zero-order valence-corrected chi connectivity index (χ0v) is 66.6. The third-order valence-corrected chi connectivity index (χ3v) is 21.4. The third kappa shape index (κ3) is 30.2. The average molecular weight is 1570 g/mol. The standard InChI is InChI=1S/C22H23FO3.C19H24O3.C18H25NO3.C18H24O4.C17H20O5/c23-19-11-7-17(8-12-19)18-9-13-20(14-10-18)26-21(22(24)25)15-6-16-4-2-1-3-5-16;20-19(21)18(12-9-14-5-2-1-3-6-14)22-17-11-10-15-7-4-8-16(15)13-17;1-19(2)15-9-6-10-16(13-15)22-17(18(20)21)12-11-14-7-4-3-5-8-14;1-21-13-15-9-5-6-10-16(15)22-17(18(19)20)12-11-14-7-3-2-4-8-14;18-17(19)15(8-6-12-4-2-1-3-5-12)22-13-7-9-14-16(10-13)21-11-20-14/h4,7-14,21H,1-3,5-6,15H2,(H,24,25);5,10-11,13,18H,1-4,6-9,12H2,(H,20,21);6-7,9-10,13,17H,3-5,8,11-12H2,1-2H3,(H,20,21);5-7,9-10,17H,2-4,8,11-13H2,1H3,(H,19,20);4,7,9-10,15H,1-3,5-6,8,11H2,(H,18,19).